The van der Waals surface area contributed by atoms with E-state index in [0.717, 1.165) is 98.5 Å². The van der Waals surface area contributed by atoms with E-state index in [1.807, 2.05) is 18.2 Å². The molecular weight excluding hydrogens is 506 g/mol. The molecule has 0 radical (unpaired) electrons. The van der Waals surface area contributed by atoms with Crippen molar-refractivity contribution in [2.45, 2.75) is 45.4 Å². The van der Waals surface area contributed by atoms with E-state index >= 15 is 0 Å². The molecule has 0 aliphatic carbocycles. The zero-order valence-corrected chi connectivity index (χ0v) is 24.0. The Morgan fingerprint density at radius 3 is 2.52 bits per heavy atom. The molecule has 11 heteroatoms. The first-order valence-corrected chi connectivity index (χ1v) is 14.5. The van der Waals surface area contributed by atoms with Gasteiger partial charge < -0.3 is 18.9 Å². The topological polar surface area (TPSA) is 89.6 Å². The molecule has 3 aliphatic rings. The van der Waals surface area contributed by atoms with Gasteiger partial charge in [-0.15, -0.1) is 0 Å². The number of nitrogens with zero attached hydrogens (tertiary/aromatic N) is 9. The molecular formula is C29H39N9O2. The second-order valence-electron chi connectivity index (χ2n) is 11.8. The molecule has 6 heterocycles. The maximum Gasteiger partial charge on any atom is 0.239 e. The molecule has 0 saturated carbocycles. The van der Waals surface area contributed by atoms with Crippen LogP contribution in [0.15, 0.2) is 24.3 Å². The molecule has 212 valence electrons. The number of rotatable bonds is 6. The van der Waals surface area contributed by atoms with Crippen LogP contribution < -0.4 is 4.90 Å². The van der Waals surface area contributed by atoms with Crippen LogP contribution in [-0.4, -0.2) is 110 Å². The Kier molecular flexibility index (Phi) is 6.49. The SMILES string of the molecule is CCc1nc2ccccc2n1-c1nc(N2CCOCC2)c2nc(CN3CC(N4CCOC(C)(C)C4)C3)n(C)c2n1. The first-order valence-electron chi connectivity index (χ1n) is 14.5. The summed E-state index contributed by atoms with van der Waals surface area (Å²) in [5.41, 5.74) is 3.62. The maximum atomic E-state index is 5.92. The van der Waals surface area contributed by atoms with E-state index in [0.29, 0.717) is 25.2 Å². The highest BCUT2D eigenvalue weighted by Gasteiger charge is 2.37. The van der Waals surface area contributed by atoms with Crippen LogP contribution in [0.2, 0.25) is 0 Å². The standard InChI is InChI=1S/C29H39N9O2/c1-5-23-30-21-8-6-7-9-22(21)38(23)28-32-26-25(27(33-28)36-10-13-39-14-11-36)31-24(34(26)4)18-35-16-20(17-35)37-12-15-40-29(2,3)19-37/h6-9,20H,5,10-19H2,1-4H3. The number of fused-ring (bicyclic) bond motifs is 2. The van der Waals surface area contributed by atoms with Gasteiger partial charge in [0.25, 0.3) is 0 Å². The highest BCUT2D eigenvalue weighted by atomic mass is 16.5. The number of morpholine rings is 2. The largest absolute Gasteiger partial charge is 0.378 e. The molecule has 0 spiro atoms. The van der Waals surface area contributed by atoms with Crippen LogP contribution in [0.4, 0.5) is 5.82 Å². The second-order valence-corrected chi connectivity index (χ2v) is 11.8. The van der Waals surface area contributed by atoms with Crippen molar-refractivity contribution in [3.05, 3.63) is 35.9 Å². The Morgan fingerprint density at radius 2 is 1.75 bits per heavy atom. The smallest absolute Gasteiger partial charge is 0.239 e. The van der Waals surface area contributed by atoms with Crippen LogP contribution in [0.5, 0.6) is 0 Å². The lowest BCUT2D eigenvalue weighted by molar-refractivity contribution is -0.116. The summed E-state index contributed by atoms with van der Waals surface area (Å²) < 4.78 is 15.8. The number of imidazole rings is 2. The normalized spacial score (nSPS) is 20.9. The molecule has 40 heavy (non-hydrogen) atoms. The zero-order chi connectivity index (χ0) is 27.4. The van der Waals surface area contributed by atoms with Crippen LogP contribution >= 0.6 is 0 Å². The van der Waals surface area contributed by atoms with Gasteiger partial charge in [-0.3, -0.25) is 14.4 Å². The molecule has 3 saturated heterocycles. The third kappa shape index (κ3) is 4.54. The molecule has 7 rings (SSSR count). The molecule has 3 aromatic heterocycles. The summed E-state index contributed by atoms with van der Waals surface area (Å²) in [6.07, 6.45) is 0.788. The lowest BCUT2D eigenvalue weighted by Gasteiger charge is -2.49. The highest BCUT2D eigenvalue weighted by molar-refractivity contribution is 5.86. The minimum Gasteiger partial charge on any atom is -0.378 e. The second kappa shape index (κ2) is 10.1. The van der Waals surface area contributed by atoms with Crippen molar-refractivity contribution >= 4 is 28.0 Å². The molecule has 0 unspecified atom stereocenters. The Labute approximate surface area is 234 Å². The van der Waals surface area contributed by atoms with Gasteiger partial charge >= 0.3 is 0 Å². The fraction of sp³-hybridized carbons (Fsp3) is 0.586. The number of aryl methyl sites for hydroxylation is 2. The fourth-order valence-corrected chi connectivity index (χ4v) is 6.32. The van der Waals surface area contributed by atoms with E-state index in [2.05, 4.69) is 57.7 Å². The van der Waals surface area contributed by atoms with Gasteiger partial charge in [-0.2, -0.15) is 9.97 Å². The number of hydrogen-bond acceptors (Lipinski definition) is 9. The van der Waals surface area contributed by atoms with E-state index < -0.39 is 0 Å². The van der Waals surface area contributed by atoms with Gasteiger partial charge in [0.2, 0.25) is 5.95 Å². The van der Waals surface area contributed by atoms with Crippen LogP contribution in [0.25, 0.3) is 28.1 Å². The summed E-state index contributed by atoms with van der Waals surface area (Å²) in [7, 11) is 2.08. The van der Waals surface area contributed by atoms with Crippen molar-refractivity contribution in [1.82, 2.24) is 38.9 Å². The molecule has 0 bridgehead atoms. The van der Waals surface area contributed by atoms with Gasteiger partial charge in [0.15, 0.2) is 17.0 Å². The van der Waals surface area contributed by atoms with Gasteiger partial charge in [0.05, 0.1) is 43.0 Å². The molecule has 0 atom stereocenters. The summed E-state index contributed by atoms with van der Waals surface area (Å²) >= 11 is 0. The average molecular weight is 546 g/mol. The van der Waals surface area contributed by atoms with Gasteiger partial charge in [0.1, 0.15) is 11.6 Å². The minimum absolute atomic E-state index is 0.0689. The molecule has 3 fully saturated rings. The van der Waals surface area contributed by atoms with E-state index in [1.54, 1.807) is 0 Å². The maximum absolute atomic E-state index is 5.92. The van der Waals surface area contributed by atoms with Crippen LogP contribution in [-0.2, 0) is 29.5 Å². The van der Waals surface area contributed by atoms with E-state index in [1.165, 1.54) is 0 Å². The van der Waals surface area contributed by atoms with E-state index in [4.69, 9.17) is 29.4 Å². The first-order chi connectivity index (χ1) is 19.4. The summed E-state index contributed by atoms with van der Waals surface area (Å²) in [5.74, 6) is 3.49. The van der Waals surface area contributed by atoms with E-state index in [-0.39, 0.29) is 5.60 Å². The number of benzene rings is 1. The fourth-order valence-electron chi connectivity index (χ4n) is 6.32. The number of anilines is 1. The summed E-state index contributed by atoms with van der Waals surface area (Å²) in [5, 5.41) is 0. The lowest BCUT2D eigenvalue weighted by atomic mass is 10.0. The van der Waals surface area contributed by atoms with Crippen LogP contribution in [0.3, 0.4) is 0 Å². The van der Waals surface area contributed by atoms with Crippen molar-refractivity contribution in [1.29, 1.82) is 0 Å². The predicted octanol–water partition coefficient (Wildman–Crippen LogP) is 2.40. The Balaban J connectivity index is 1.23. The van der Waals surface area contributed by atoms with Gasteiger partial charge in [-0.25, -0.2) is 9.97 Å². The lowest BCUT2D eigenvalue weighted by Crippen LogP contribution is -2.63. The van der Waals surface area contributed by atoms with Crippen molar-refractivity contribution in [2.24, 2.45) is 7.05 Å². The van der Waals surface area contributed by atoms with Crippen molar-refractivity contribution in [2.75, 3.05) is 64.0 Å². The number of aromatic nitrogens is 6. The third-order valence-electron chi connectivity index (χ3n) is 8.51. The third-order valence-corrected chi connectivity index (χ3v) is 8.51. The van der Waals surface area contributed by atoms with Crippen molar-refractivity contribution in [3.63, 3.8) is 0 Å². The first kappa shape index (κ1) is 25.8. The summed E-state index contributed by atoms with van der Waals surface area (Å²) in [4.78, 5) is 27.7. The quantitative estimate of drug-likeness (QED) is 0.362. The molecule has 0 N–H and O–H groups in total. The van der Waals surface area contributed by atoms with Crippen molar-refractivity contribution in [3.8, 4) is 5.95 Å². The molecule has 4 aromatic rings. The highest BCUT2D eigenvalue weighted by Crippen LogP contribution is 2.30. The Hall–Kier alpha value is -3.12. The van der Waals surface area contributed by atoms with Crippen LogP contribution in [0.1, 0.15) is 32.4 Å². The zero-order valence-electron chi connectivity index (χ0n) is 24.0. The van der Waals surface area contributed by atoms with E-state index in [9.17, 15) is 0 Å². The minimum atomic E-state index is -0.0689. The number of ether oxygens (including phenoxy) is 2. The summed E-state index contributed by atoms with van der Waals surface area (Å²) in [6.45, 7) is 15.1. The molecule has 1 aromatic carbocycles. The number of para-hydroxylation sites is 2. The predicted molar refractivity (Wildman–Crippen MR) is 154 cm³/mol. The average Bonchev–Trinajstić information content (AvgIpc) is 3.47. The monoisotopic (exact) mass is 545 g/mol. The van der Waals surface area contributed by atoms with Gasteiger partial charge in [-0.1, -0.05) is 19.1 Å². The molecule has 3 aliphatic heterocycles. The summed E-state index contributed by atoms with van der Waals surface area (Å²) in [6, 6.07) is 8.79. The number of likely N-dealkylation sites (tertiary alicyclic amines) is 1. The van der Waals surface area contributed by atoms with Crippen molar-refractivity contribution < 1.29 is 9.47 Å². The number of hydrogen-bond donors (Lipinski definition) is 0. The van der Waals surface area contributed by atoms with Gasteiger partial charge in [0, 0.05) is 58.8 Å². The van der Waals surface area contributed by atoms with Gasteiger partial charge in [-0.05, 0) is 26.0 Å². The molecule has 0 amide bonds. The Morgan fingerprint density at radius 1 is 0.950 bits per heavy atom. The Bertz CT molecular complexity index is 1530. The van der Waals surface area contributed by atoms with Crippen LogP contribution in [0, 0.1) is 0 Å². The molecule has 11 nitrogen and oxygen atoms in total.